The van der Waals surface area contributed by atoms with Gasteiger partial charge in [0.05, 0.1) is 18.5 Å². The zero-order chi connectivity index (χ0) is 24.5. The Balaban J connectivity index is 1.54. The van der Waals surface area contributed by atoms with Crippen molar-refractivity contribution in [2.24, 2.45) is 0 Å². The molecule has 4 rings (SSSR count). The number of rotatable bonds is 11. The van der Waals surface area contributed by atoms with Gasteiger partial charge in [-0.1, -0.05) is 60.7 Å². The number of benzene rings is 2. The Labute approximate surface area is 208 Å². The van der Waals surface area contributed by atoms with Crippen LogP contribution in [0.1, 0.15) is 35.3 Å². The zero-order valence-electron chi connectivity index (χ0n) is 19.5. The van der Waals surface area contributed by atoms with Crippen LogP contribution in [-0.4, -0.2) is 34.6 Å². The summed E-state index contributed by atoms with van der Waals surface area (Å²) in [4.78, 5) is 31.1. The van der Waals surface area contributed by atoms with Crippen LogP contribution in [0.2, 0.25) is 0 Å². The van der Waals surface area contributed by atoms with Gasteiger partial charge in [-0.2, -0.15) is 0 Å². The van der Waals surface area contributed by atoms with Gasteiger partial charge in [0, 0.05) is 23.8 Å². The third-order valence-corrected chi connectivity index (χ3v) is 6.52. The number of nitrogens with zero attached hydrogens (tertiary/aromatic N) is 2. The second-order valence-electron chi connectivity index (χ2n) is 7.88. The van der Waals surface area contributed by atoms with Gasteiger partial charge in [0.2, 0.25) is 5.91 Å². The maximum atomic E-state index is 13.5. The Kier molecular flexibility index (Phi) is 8.43. The molecule has 1 amide bonds. The Morgan fingerprint density at radius 3 is 2.51 bits per heavy atom. The molecule has 8 heteroatoms. The quantitative estimate of drug-likeness (QED) is 0.225. The molecule has 0 aliphatic carbocycles. The number of anilines is 1. The molecular formula is C27H28N4O3S. The van der Waals surface area contributed by atoms with E-state index in [2.05, 4.69) is 15.6 Å². The fourth-order valence-corrected chi connectivity index (χ4v) is 4.76. The molecule has 0 fully saturated rings. The lowest BCUT2D eigenvalue weighted by atomic mass is 10.1. The van der Waals surface area contributed by atoms with Crippen molar-refractivity contribution in [1.82, 2.24) is 14.9 Å². The lowest BCUT2D eigenvalue weighted by Crippen LogP contribution is -2.34. The molecule has 7 nitrogen and oxygen atoms in total. The number of aromatic nitrogens is 2. The summed E-state index contributed by atoms with van der Waals surface area (Å²) in [5, 5.41) is 6.85. The third kappa shape index (κ3) is 6.44. The summed E-state index contributed by atoms with van der Waals surface area (Å²) in [6.07, 6.45) is 6.27. The molecule has 0 spiro atoms. The summed E-state index contributed by atoms with van der Waals surface area (Å²) >= 11 is 1.36. The van der Waals surface area contributed by atoms with E-state index in [0.29, 0.717) is 17.1 Å². The van der Waals surface area contributed by atoms with Gasteiger partial charge in [-0.15, -0.1) is 11.3 Å². The molecule has 2 aromatic heterocycles. The van der Waals surface area contributed by atoms with Crippen molar-refractivity contribution in [1.29, 1.82) is 0 Å². The van der Waals surface area contributed by atoms with E-state index in [1.807, 2.05) is 71.4 Å². The maximum Gasteiger partial charge on any atom is 0.341 e. The van der Waals surface area contributed by atoms with E-state index < -0.39 is 12.0 Å². The van der Waals surface area contributed by atoms with Crippen molar-refractivity contribution in [3.05, 3.63) is 96.6 Å². The SMILES string of the molecule is CCOC(=O)c1cc(-c2ccccc2)sc1NC(=O)[C@H](NCCCn1ccnc1)c1ccccc1. The van der Waals surface area contributed by atoms with Gasteiger partial charge in [-0.3, -0.25) is 4.79 Å². The lowest BCUT2D eigenvalue weighted by Gasteiger charge is -2.19. The average molecular weight is 489 g/mol. The van der Waals surface area contributed by atoms with Crippen LogP contribution < -0.4 is 10.6 Å². The second-order valence-corrected chi connectivity index (χ2v) is 8.93. The number of ether oxygens (including phenoxy) is 1. The van der Waals surface area contributed by atoms with E-state index in [9.17, 15) is 9.59 Å². The zero-order valence-corrected chi connectivity index (χ0v) is 20.3. The number of hydrogen-bond acceptors (Lipinski definition) is 6. The van der Waals surface area contributed by atoms with Crippen LogP contribution in [0.5, 0.6) is 0 Å². The fraction of sp³-hybridized carbons (Fsp3) is 0.222. The number of carbonyl (C=O) groups excluding carboxylic acids is 2. The van der Waals surface area contributed by atoms with Crippen molar-refractivity contribution < 1.29 is 14.3 Å². The Bertz CT molecular complexity index is 1220. The summed E-state index contributed by atoms with van der Waals surface area (Å²) in [6.45, 7) is 3.46. The molecule has 2 aromatic carbocycles. The average Bonchev–Trinajstić information content (AvgIpc) is 3.55. The number of amides is 1. The molecule has 0 bridgehead atoms. The highest BCUT2D eigenvalue weighted by molar-refractivity contribution is 7.20. The predicted molar refractivity (Wildman–Crippen MR) is 138 cm³/mol. The minimum absolute atomic E-state index is 0.231. The van der Waals surface area contributed by atoms with E-state index >= 15 is 0 Å². The number of imidazole rings is 1. The van der Waals surface area contributed by atoms with Gasteiger partial charge >= 0.3 is 5.97 Å². The molecule has 2 N–H and O–H groups in total. The summed E-state index contributed by atoms with van der Waals surface area (Å²) < 4.78 is 7.25. The first-order valence-corrected chi connectivity index (χ1v) is 12.4. The van der Waals surface area contributed by atoms with Crippen LogP contribution in [-0.2, 0) is 16.1 Å². The molecule has 4 aromatic rings. The minimum atomic E-state index is -0.573. The van der Waals surface area contributed by atoms with Gasteiger partial charge in [0.15, 0.2) is 0 Å². The molecule has 0 saturated carbocycles. The number of thiophene rings is 1. The standard InChI is InChI=1S/C27H28N4O3S/c1-2-34-27(33)22-18-23(20-10-5-3-6-11-20)35-26(22)30-25(32)24(21-12-7-4-8-13-21)29-14-9-16-31-17-15-28-19-31/h3-8,10-13,15,17-19,24,29H,2,9,14,16H2,1H3,(H,30,32)/t24-/m1/s1. The number of esters is 1. The Hall–Kier alpha value is -3.75. The van der Waals surface area contributed by atoms with Crippen molar-refractivity contribution >= 4 is 28.2 Å². The monoisotopic (exact) mass is 488 g/mol. The molecule has 35 heavy (non-hydrogen) atoms. The van der Waals surface area contributed by atoms with Gasteiger partial charge in [0.1, 0.15) is 11.0 Å². The minimum Gasteiger partial charge on any atom is -0.462 e. The Morgan fingerprint density at radius 1 is 1.09 bits per heavy atom. The first-order valence-electron chi connectivity index (χ1n) is 11.6. The fourth-order valence-electron chi connectivity index (χ4n) is 3.71. The molecule has 1 atom stereocenters. The number of aryl methyl sites for hydroxylation is 1. The summed E-state index contributed by atoms with van der Waals surface area (Å²) in [7, 11) is 0. The van der Waals surface area contributed by atoms with E-state index in [-0.39, 0.29) is 12.5 Å². The number of nitrogens with one attached hydrogen (secondary N) is 2. The molecule has 0 aliphatic heterocycles. The molecular weight excluding hydrogens is 460 g/mol. The van der Waals surface area contributed by atoms with Crippen LogP contribution in [0.4, 0.5) is 5.00 Å². The largest absolute Gasteiger partial charge is 0.462 e. The van der Waals surface area contributed by atoms with Gasteiger partial charge in [0.25, 0.3) is 0 Å². The molecule has 0 aliphatic rings. The maximum absolute atomic E-state index is 13.5. The number of hydrogen-bond donors (Lipinski definition) is 2. The summed E-state index contributed by atoms with van der Waals surface area (Å²) in [6, 6.07) is 20.6. The van der Waals surface area contributed by atoms with E-state index in [1.165, 1.54) is 11.3 Å². The van der Waals surface area contributed by atoms with Crippen LogP contribution in [0.15, 0.2) is 85.5 Å². The summed E-state index contributed by atoms with van der Waals surface area (Å²) in [5.41, 5.74) is 2.18. The predicted octanol–water partition coefficient (Wildman–Crippen LogP) is 5.15. The van der Waals surface area contributed by atoms with Gasteiger partial charge in [-0.05, 0) is 37.1 Å². The Morgan fingerprint density at radius 2 is 1.83 bits per heavy atom. The number of carbonyl (C=O) groups is 2. The van der Waals surface area contributed by atoms with E-state index in [4.69, 9.17) is 4.74 Å². The second kappa shape index (κ2) is 12.1. The third-order valence-electron chi connectivity index (χ3n) is 5.42. The normalized spacial score (nSPS) is 11.7. The van der Waals surface area contributed by atoms with Crippen LogP contribution in [0, 0.1) is 0 Å². The first-order chi connectivity index (χ1) is 17.2. The van der Waals surface area contributed by atoms with Crippen molar-refractivity contribution in [3.8, 4) is 10.4 Å². The van der Waals surface area contributed by atoms with Crippen molar-refractivity contribution in [2.45, 2.75) is 25.9 Å². The molecule has 0 unspecified atom stereocenters. The topological polar surface area (TPSA) is 85.2 Å². The van der Waals surface area contributed by atoms with E-state index in [0.717, 1.165) is 29.0 Å². The van der Waals surface area contributed by atoms with Gasteiger partial charge < -0.3 is 19.9 Å². The lowest BCUT2D eigenvalue weighted by molar-refractivity contribution is -0.118. The van der Waals surface area contributed by atoms with Crippen molar-refractivity contribution in [3.63, 3.8) is 0 Å². The van der Waals surface area contributed by atoms with Gasteiger partial charge in [-0.25, -0.2) is 9.78 Å². The highest BCUT2D eigenvalue weighted by atomic mass is 32.1. The van der Waals surface area contributed by atoms with Crippen LogP contribution in [0.25, 0.3) is 10.4 Å². The molecule has 0 radical (unpaired) electrons. The van der Waals surface area contributed by atoms with Crippen molar-refractivity contribution in [2.75, 3.05) is 18.5 Å². The molecule has 2 heterocycles. The smallest absolute Gasteiger partial charge is 0.341 e. The van der Waals surface area contributed by atoms with E-state index in [1.54, 1.807) is 25.5 Å². The van der Waals surface area contributed by atoms with Crippen LogP contribution in [0.3, 0.4) is 0 Å². The molecule has 0 saturated heterocycles. The summed E-state index contributed by atoms with van der Waals surface area (Å²) in [5.74, 6) is -0.684. The van der Waals surface area contributed by atoms with Crippen LogP contribution >= 0.6 is 11.3 Å². The highest BCUT2D eigenvalue weighted by Gasteiger charge is 2.24. The first kappa shape index (κ1) is 24.4. The highest BCUT2D eigenvalue weighted by Crippen LogP contribution is 2.36. The molecule has 180 valence electrons.